The molecule has 1 aromatic rings. The average Bonchev–Trinajstić information content (AvgIpc) is 2.06. The van der Waals surface area contributed by atoms with Crippen LogP contribution >= 0.6 is 0 Å². The molecule has 0 aliphatic heterocycles. The predicted octanol–water partition coefficient (Wildman–Crippen LogP) is 2.95. The molecule has 0 bridgehead atoms. The number of hydrogen-bond acceptors (Lipinski definition) is 2. The first-order valence-electron chi connectivity index (χ1n) is 4.82. The number of hydrogen-bond donors (Lipinski definition) is 1. The first kappa shape index (κ1) is 10.8. The Morgan fingerprint density at radius 2 is 1.86 bits per heavy atom. The van der Waals surface area contributed by atoms with Crippen molar-refractivity contribution < 1.29 is 0 Å². The first-order chi connectivity index (χ1) is 6.53. The zero-order valence-corrected chi connectivity index (χ0v) is 9.33. The van der Waals surface area contributed by atoms with Crippen LogP contribution in [-0.4, -0.2) is 18.8 Å². The van der Waals surface area contributed by atoms with Crippen LogP contribution in [0.15, 0.2) is 29.3 Å². The van der Waals surface area contributed by atoms with Crippen molar-refractivity contribution in [2.24, 2.45) is 4.99 Å². The van der Waals surface area contributed by atoms with E-state index in [0.29, 0.717) is 0 Å². The van der Waals surface area contributed by atoms with E-state index in [1.54, 1.807) is 7.05 Å². The molecule has 0 heterocycles. The van der Waals surface area contributed by atoms with Crippen molar-refractivity contribution in [2.45, 2.75) is 26.3 Å². The maximum Gasteiger partial charge on any atom is 0.0433 e. The molecular weight excluding hydrogens is 172 g/mol. The molecule has 0 aliphatic rings. The largest absolute Gasteiger partial charge is 0.380 e. The zero-order chi connectivity index (χ0) is 10.6. The monoisotopic (exact) mass is 190 g/mol. The molecular formula is C12H18N2. The molecule has 76 valence electrons. The Balaban J connectivity index is 2.96. The summed E-state index contributed by atoms with van der Waals surface area (Å²) in [7, 11) is 1.79. The van der Waals surface area contributed by atoms with Crippen molar-refractivity contribution in [1.82, 2.24) is 0 Å². The molecule has 0 aliphatic carbocycles. The van der Waals surface area contributed by atoms with Crippen LogP contribution in [0.2, 0.25) is 0 Å². The second-order valence-corrected chi connectivity index (χ2v) is 4.35. The van der Waals surface area contributed by atoms with Gasteiger partial charge < -0.3 is 5.32 Å². The van der Waals surface area contributed by atoms with Crippen LogP contribution in [0, 0.1) is 0 Å². The van der Waals surface area contributed by atoms with Crippen molar-refractivity contribution in [2.75, 3.05) is 12.4 Å². The predicted molar refractivity (Wildman–Crippen MR) is 63.3 cm³/mol. The van der Waals surface area contributed by atoms with Crippen LogP contribution in [0.3, 0.4) is 0 Å². The van der Waals surface area contributed by atoms with Gasteiger partial charge in [0.2, 0.25) is 0 Å². The fourth-order valence-electron chi connectivity index (χ4n) is 1.27. The van der Waals surface area contributed by atoms with E-state index in [2.05, 4.69) is 43.2 Å². The van der Waals surface area contributed by atoms with Crippen molar-refractivity contribution in [3.8, 4) is 0 Å². The molecule has 14 heavy (non-hydrogen) atoms. The van der Waals surface area contributed by atoms with Gasteiger partial charge in [0.1, 0.15) is 0 Å². The van der Waals surface area contributed by atoms with Gasteiger partial charge in [-0.1, -0.05) is 18.2 Å². The lowest BCUT2D eigenvalue weighted by atomic mass is 10.1. The Kier molecular flexibility index (Phi) is 3.28. The Hall–Kier alpha value is -1.31. The van der Waals surface area contributed by atoms with E-state index in [4.69, 9.17) is 0 Å². The van der Waals surface area contributed by atoms with Gasteiger partial charge in [0.05, 0.1) is 0 Å². The number of aliphatic imine (C=N–C) groups is 1. The summed E-state index contributed by atoms with van der Waals surface area (Å²) in [6.07, 6.45) is 1.87. The minimum atomic E-state index is 0.0810. The molecule has 2 heteroatoms. The Labute approximate surface area is 86.1 Å². The summed E-state index contributed by atoms with van der Waals surface area (Å²) in [5.41, 5.74) is 2.34. The number of nitrogens with zero attached hydrogens (tertiary/aromatic N) is 1. The highest BCUT2D eigenvalue weighted by molar-refractivity contribution is 5.87. The van der Waals surface area contributed by atoms with Crippen molar-refractivity contribution in [3.05, 3.63) is 29.8 Å². The van der Waals surface area contributed by atoms with Crippen LogP contribution in [0.25, 0.3) is 0 Å². The fraction of sp³-hybridized carbons (Fsp3) is 0.417. The average molecular weight is 190 g/mol. The van der Waals surface area contributed by atoms with E-state index in [1.807, 2.05) is 18.3 Å². The molecule has 1 rings (SSSR count). The standard InChI is InChI=1S/C12H18N2/c1-12(2,3)14-11-8-6-5-7-10(11)9-13-4/h5-9,14H,1-4H3/b13-9-. The van der Waals surface area contributed by atoms with Gasteiger partial charge in [-0.15, -0.1) is 0 Å². The van der Waals surface area contributed by atoms with E-state index >= 15 is 0 Å². The normalized spacial score (nSPS) is 12.0. The van der Waals surface area contributed by atoms with Gasteiger partial charge >= 0.3 is 0 Å². The maximum absolute atomic E-state index is 4.03. The van der Waals surface area contributed by atoms with E-state index in [1.165, 1.54) is 0 Å². The third kappa shape index (κ3) is 3.21. The molecule has 2 nitrogen and oxygen atoms in total. The van der Waals surface area contributed by atoms with Gasteiger partial charge in [-0.25, -0.2) is 0 Å². The summed E-state index contributed by atoms with van der Waals surface area (Å²) < 4.78 is 0. The summed E-state index contributed by atoms with van der Waals surface area (Å²) in [5.74, 6) is 0. The van der Waals surface area contributed by atoms with Crippen LogP contribution < -0.4 is 5.32 Å². The lowest BCUT2D eigenvalue weighted by Crippen LogP contribution is -2.26. The third-order valence-electron chi connectivity index (χ3n) is 1.74. The van der Waals surface area contributed by atoms with Gasteiger partial charge in [-0.3, -0.25) is 4.99 Å². The fourth-order valence-corrected chi connectivity index (χ4v) is 1.27. The smallest absolute Gasteiger partial charge is 0.0433 e. The highest BCUT2D eigenvalue weighted by Gasteiger charge is 2.10. The van der Waals surface area contributed by atoms with Gasteiger partial charge in [-0.2, -0.15) is 0 Å². The molecule has 0 saturated carbocycles. The summed E-state index contributed by atoms with van der Waals surface area (Å²) in [4.78, 5) is 4.03. The minimum absolute atomic E-state index is 0.0810. The lowest BCUT2D eigenvalue weighted by Gasteiger charge is -2.23. The zero-order valence-electron chi connectivity index (χ0n) is 9.33. The summed E-state index contributed by atoms with van der Waals surface area (Å²) in [6.45, 7) is 6.44. The molecule has 0 aromatic heterocycles. The molecule has 0 atom stereocenters. The molecule has 0 spiro atoms. The van der Waals surface area contributed by atoms with E-state index in [0.717, 1.165) is 11.3 Å². The number of nitrogens with one attached hydrogen (secondary N) is 1. The van der Waals surface area contributed by atoms with Crippen LogP contribution in [0.1, 0.15) is 26.3 Å². The van der Waals surface area contributed by atoms with E-state index in [9.17, 15) is 0 Å². The molecule has 0 amide bonds. The van der Waals surface area contributed by atoms with Crippen molar-refractivity contribution >= 4 is 11.9 Å². The Morgan fingerprint density at radius 1 is 1.21 bits per heavy atom. The van der Waals surface area contributed by atoms with Crippen molar-refractivity contribution in [3.63, 3.8) is 0 Å². The highest BCUT2D eigenvalue weighted by Crippen LogP contribution is 2.17. The van der Waals surface area contributed by atoms with Gasteiger partial charge in [-0.05, 0) is 26.8 Å². The summed E-state index contributed by atoms with van der Waals surface area (Å²) >= 11 is 0. The molecule has 0 fully saturated rings. The van der Waals surface area contributed by atoms with E-state index in [-0.39, 0.29) is 5.54 Å². The van der Waals surface area contributed by atoms with E-state index < -0.39 is 0 Å². The highest BCUT2D eigenvalue weighted by atomic mass is 15.0. The number of benzene rings is 1. The van der Waals surface area contributed by atoms with Gasteiger partial charge in [0.15, 0.2) is 0 Å². The minimum Gasteiger partial charge on any atom is -0.380 e. The van der Waals surface area contributed by atoms with Gasteiger partial charge in [0.25, 0.3) is 0 Å². The molecule has 0 radical (unpaired) electrons. The quantitative estimate of drug-likeness (QED) is 0.712. The number of anilines is 1. The van der Waals surface area contributed by atoms with Crippen LogP contribution in [-0.2, 0) is 0 Å². The van der Waals surface area contributed by atoms with Crippen LogP contribution in [0.4, 0.5) is 5.69 Å². The molecule has 1 N–H and O–H groups in total. The molecule has 1 aromatic carbocycles. The van der Waals surface area contributed by atoms with Crippen LogP contribution in [0.5, 0.6) is 0 Å². The lowest BCUT2D eigenvalue weighted by molar-refractivity contribution is 0.634. The number of rotatable bonds is 2. The van der Waals surface area contributed by atoms with Gasteiger partial charge in [0, 0.05) is 30.1 Å². The second-order valence-electron chi connectivity index (χ2n) is 4.35. The molecule has 0 unspecified atom stereocenters. The summed E-state index contributed by atoms with van der Waals surface area (Å²) in [5, 5.41) is 3.44. The summed E-state index contributed by atoms with van der Waals surface area (Å²) in [6, 6.07) is 8.18. The molecule has 0 saturated heterocycles. The number of para-hydroxylation sites is 1. The third-order valence-corrected chi connectivity index (χ3v) is 1.74. The first-order valence-corrected chi connectivity index (χ1v) is 4.82. The second kappa shape index (κ2) is 4.27. The van der Waals surface area contributed by atoms with Crippen molar-refractivity contribution in [1.29, 1.82) is 0 Å². The maximum atomic E-state index is 4.03. The topological polar surface area (TPSA) is 24.4 Å². The SMILES string of the molecule is C/N=C\c1ccccc1NC(C)(C)C. The Morgan fingerprint density at radius 3 is 2.43 bits per heavy atom. The Bertz CT molecular complexity index is 321.